The fourth-order valence-electron chi connectivity index (χ4n) is 2.82. The number of rotatable bonds is 5. The van der Waals surface area contributed by atoms with E-state index in [2.05, 4.69) is 27.0 Å². The second-order valence-corrected chi connectivity index (χ2v) is 6.72. The minimum Gasteiger partial charge on any atom is -0.493 e. The molecule has 0 amide bonds. The highest BCUT2D eigenvalue weighted by Crippen LogP contribution is 2.38. The van der Waals surface area contributed by atoms with E-state index in [0.717, 1.165) is 4.47 Å². The molecule has 1 heterocycles. The summed E-state index contributed by atoms with van der Waals surface area (Å²) in [5.74, 6) is 0.640. The molecule has 28 heavy (non-hydrogen) atoms. The van der Waals surface area contributed by atoms with Crippen molar-refractivity contribution in [3.8, 4) is 34.2 Å². The van der Waals surface area contributed by atoms with Crippen molar-refractivity contribution in [2.24, 2.45) is 0 Å². The number of nitrogens with two attached hydrogens (primary N) is 1. The summed E-state index contributed by atoms with van der Waals surface area (Å²) in [7, 11) is 0. The van der Waals surface area contributed by atoms with Gasteiger partial charge in [0, 0.05) is 33.3 Å². The summed E-state index contributed by atoms with van der Waals surface area (Å²) in [4.78, 5) is 14.9. The van der Waals surface area contributed by atoms with Crippen LogP contribution in [0.25, 0.3) is 22.4 Å². The lowest BCUT2D eigenvalue weighted by Crippen LogP contribution is -2.01. The van der Waals surface area contributed by atoms with E-state index >= 15 is 0 Å². The minimum atomic E-state index is -0.473. The van der Waals surface area contributed by atoms with Gasteiger partial charge in [-0.25, -0.2) is 4.98 Å². The van der Waals surface area contributed by atoms with Crippen LogP contribution in [-0.4, -0.2) is 16.5 Å². The number of anilines is 1. The van der Waals surface area contributed by atoms with E-state index in [1.165, 1.54) is 12.1 Å². The van der Waals surface area contributed by atoms with Gasteiger partial charge in [0.25, 0.3) is 5.69 Å². The first-order chi connectivity index (χ1) is 13.4. The number of hydrogen-bond donors (Lipinski definition) is 1. The SMILES string of the molecule is CCOc1ccc(Br)cc1-c1cc(-c2cccc([N+](=O)[O-])c2)nc(N)c1C#N. The molecule has 0 aliphatic carbocycles. The lowest BCUT2D eigenvalue weighted by Gasteiger charge is -2.14. The Morgan fingerprint density at radius 3 is 2.71 bits per heavy atom. The topological polar surface area (TPSA) is 115 Å². The van der Waals surface area contributed by atoms with E-state index in [1.54, 1.807) is 24.3 Å². The lowest BCUT2D eigenvalue weighted by molar-refractivity contribution is -0.384. The van der Waals surface area contributed by atoms with Crippen LogP contribution < -0.4 is 10.5 Å². The zero-order valence-corrected chi connectivity index (χ0v) is 16.4. The maximum absolute atomic E-state index is 11.1. The molecule has 3 aromatic rings. The van der Waals surface area contributed by atoms with Crippen molar-refractivity contribution in [2.45, 2.75) is 6.92 Å². The number of hydrogen-bond acceptors (Lipinski definition) is 6. The predicted molar refractivity (Wildman–Crippen MR) is 110 cm³/mol. The Kier molecular flexibility index (Phi) is 5.57. The molecule has 1 aromatic heterocycles. The van der Waals surface area contributed by atoms with Gasteiger partial charge in [0.05, 0.1) is 17.2 Å². The molecular formula is C20H15BrN4O3. The Morgan fingerprint density at radius 1 is 1.25 bits per heavy atom. The number of non-ortho nitro benzene ring substituents is 1. The average molecular weight is 439 g/mol. The fraction of sp³-hybridized carbons (Fsp3) is 0.100. The van der Waals surface area contributed by atoms with Crippen molar-refractivity contribution >= 4 is 27.4 Å². The van der Waals surface area contributed by atoms with Gasteiger partial charge in [-0.3, -0.25) is 10.1 Å². The van der Waals surface area contributed by atoms with Gasteiger partial charge in [-0.2, -0.15) is 5.26 Å². The van der Waals surface area contributed by atoms with E-state index in [1.807, 2.05) is 19.1 Å². The number of benzene rings is 2. The zero-order chi connectivity index (χ0) is 20.3. The van der Waals surface area contributed by atoms with Gasteiger partial charge in [-0.05, 0) is 31.2 Å². The van der Waals surface area contributed by atoms with Crippen LogP contribution in [0.5, 0.6) is 5.75 Å². The first kappa shape index (κ1) is 19.3. The highest BCUT2D eigenvalue weighted by molar-refractivity contribution is 9.10. The van der Waals surface area contributed by atoms with Gasteiger partial charge < -0.3 is 10.5 Å². The van der Waals surface area contributed by atoms with Gasteiger partial charge in [-0.15, -0.1) is 0 Å². The molecule has 7 nitrogen and oxygen atoms in total. The Balaban J connectivity index is 2.26. The molecule has 0 fully saturated rings. The summed E-state index contributed by atoms with van der Waals surface area (Å²) in [5, 5.41) is 20.7. The van der Waals surface area contributed by atoms with Crippen LogP contribution in [0.3, 0.4) is 0 Å². The molecule has 8 heteroatoms. The second kappa shape index (κ2) is 8.06. The third kappa shape index (κ3) is 3.80. The van der Waals surface area contributed by atoms with Crippen molar-refractivity contribution in [3.63, 3.8) is 0 Å². The predicted octanol–water partition coefficient (Wildman–Crippen LogP) is 4.94. The number of ether oxygens (including phenoxy) is 1. The highest BCUT2D eigenvalue weighted by Gasteiger charge is 2.18. The summed E-state index contributed by atoms with van der Waals surface area (Å²) in [5.41, 5.74) is 8.38. The van der Waals surface area contributed by atoms with Crippen molar-refractivity contribution < 1.29 is 9.66 Å². The first-order valence-electron chi connectivity index (χ1n) is 8.32. The molecule has 0 bridgehead atoms. The summed E-state index contributed by atoms with van der Waals surface area (Å²) in [6.45, 7) is 2.32. The van der Waals surface area contributed by atoms with E-state index in [0.29, 0.717) is 34.7 Å². The number of aromatic nitrogens is 1. The third-order valence-electron chi connectivity index (χ3n) is 4.04. The number of nitrogens with zero attached hydrogens (tertiary/aromatic N) is 3. The van der Waals surface area contributed by atoms with Crippen LogP contribution in [0.1, 0.15) is 12.5 Å². The van der Waals surface area contributed by atoms with Crippen molar-refractivity contribution in [1.29, 1.82) is 5.26 Å². The number of nitriles is 1. The molecule has 0 spiro atoms. The standard InChI is InChI=1S/C20H15BrN4O3/c1-2-28-19-7-6-13(21)9-16(19)15-10-18(24-20(23)17(15)11-22)12-4-3-5-14(8-12)25(26)27/h3-10H,2H2,1H3,(H2,23,24). The van der Waals surface area contributed by atoms with Crippen LogP contribution >= 0.6 is 15.9 Å². The van der Waals surface area contributed by atoms with Crippen LogP contribution in [0.2, 0.25) is 0 Å². The van der Waals surface area contributed by atoms with Gasteiger partial charge in [0.2, 0.25) is 0 Å². The minimum absolute atomic E-state index is 0.0453. The Hall–Kier alpha value is -3.44. The molecule has 0 unspecified atom stereocenters. The zero-order valence-electron chi connectivity index (χ0n) is 14.8. The largest absolute Gasteiger partial charge is 0.493 e. The Morgan fingerprint density at radius 2 is 2.04 bits per heavy atom. The number of nitro groups is 1. The summed E-state index contributed by atoms with van der Waals surface area (Å²) < 4.78 is 6.51. The van der Waals surface area contributed by atoms with E-state index in [9.17, 15) is 15.4 Å². The monoisotopic (exact) mass is 438 g/mol. The number of pyridine rings is 1. The summed E-state index contributed by atoms with van der Waals surface area (Å²) in [6.07, 6.45) is 0. The maximum atomic E-state index is 11.1. The molecule has 2 aromatic carbocycles. The van der Waals surface area contributed by atoms with Crippen molar-refractivity contribution in [1.82, 2.24) is 4.98 Å². The van der Waals surface area contributed by atoms with Crippen molar-refractivity contribution in [3.05, 3.63) is 68.7 Å². The molecule has 140 valence electrons. The van der Waals surface area contributed by atoms with Crippen molar-refractivity contribution in [2.75, 3.05) is 12.3 Å². The van der Waals surface area contributed by atoms with Gasteiger partial charge in [-0.1, -0.05) is 28.1 Å². The number of nitrogen functional groups attached to an aromatic ring is 1. The Labute approximate surface area is 169 Å². The molecule has 0 atom stereocenters. The quantitative estimate of drug-likeness (QED) is 0.445. The lowest BCUT2D eigenvalue weighted by atomic mass is 9.97. The summed E-state index contributed by atoms with van der Waals surface area (Å²) >= 11 is 3.44. The second-order valence-electron chi connectivity index (χ2n) is 5.81. The smallest absolute Gasteiger partial charge is 0.270 e. The average Bonchev–Trinajstić information content (AvgIpc) is 2.69. The van der Waals surface area contributed by atoms with Gasteiger partial charge in [0.15, 0.2) is 0 Å². The molecule has 0 saturated heterocycles. The third-order valence-corrected chi connectivity index (χ3v) is 4.54. The normalized spacial score (nSPS) is 10.3. The van der Waals surface area contributed by atoms with E-state index in [-0.39, 0.29) is 17.1 Å². The molecule has 0 aliphatic heterocycles. The van der Waals surface area contributed by atoms with Crippen LogP contribution in [-0.2, 0) is 0 Å². The first-order valence-corrected chi connectivity index (χ1v) is 9.12. The maximum Gasteiger partial charge on any atom is 0.270 e. The fourth-order valence-corrected chi connectivity index (χ4v) is 3.18. The Bertz CT molecular complexity index is 1110. The number of halogens is 1. The molecular weight excluding hydrogens is 424 g/mol. The van der Waals surface area contributed by atoms with Crippen LogP contribution in [0.4, 0.5) is 11.5 Å². The van der Waals surface area contributed by atoms with Crippen LogP contribution in [0, 0.1) is 21.4 Å². The molecule has 0 saturated carbocycles. The molecule has 3 rings (SSSR count). The molecule has 0 radical (unpaired) electrons. The number of nitro benzene ring substituents is 1. The van der Waals surface area contributed by atoms with E-state index < -0.39 is 4.92 Å². The molecule has 0 aliphatic rings. The molecule has 2 N–H and O–H groups in total. The van der Waals surface area contributed by atoms with Crippen LogP contribution in [0.15, 0.2) is 53.0 Å². The van der Waals surface area contributed by atoms with E-state index in [4.69, 9.17) is 10.5 Å². The summed E-state index contributed by atoms with van der Waals surface area (Å²) in [6, 6.07) is 15.4. The van der Waals surface area contributed by atoms with Gasteiger partial charge in [0.1, 0.15) is 23.2 Å². The van der Waals surface area contributed by atoms with Gasteiger partial charge >= 0.3 is 0 Å². The highest BCUT2D eigenvalue weighted by atomic mass is 79.9.